The minimum atomic E-state index is -0.272. The molecule has 0 aromatic rings. The van der Waals surface area contributed by atoms with Crippen molar-refractivity contribution in [3.63, 3.8) is 0 Å². The first-order valence-electron chi connectivity index (χ1n) is 6.51. The van der Waals surface area contributed by atoms with Gasteiger partial charge in [0.2, 0.25) is 12.3 Å². The fourth-order valence-electron chi connectivity index (χ4n) is 1.41. The monoisotopic (exact) mass is 289 g/mol. The van der Waals surface area contributed by atoms with E-state index in [4.69, 9.17) is 4.74 Å². The van der Waals surface area contributed by atoms with E-state index in [2.05, 4.69) is 12.6 Å². The SMILES string of the molecule is CCC(CS)C(=O)N(C=O)CCCOC(=O)C(C)C. The predicted octanol–water partition coefficient (Wildman–Crippen LogP) is 1.52. The number of imide groups is 1. The molecule has 2 amide bonds. The summed E-state index contributed by atoms with van der Waals surface area (Å²) in [6.45, 7) is 5.86. The van der Waals surface area contributed by atoms with Crippen LogP contribution in [-0.4, -0.2) is 42.1 Å². The van der Waals surface area contributed by atoms with Crippen LogP contribution in [0.5, 0.6) is 0 Å². The van der Waals surface area contributed by atoms with Crippen molar-refractivity contribution in [2.24, 2.45) is 11.8 Å². The first-order valence-corrected chi connectivity index (χ1v) is 7.14. The molecular weight excluding hydrogens is 266 g/mol. The Kier molecular flexibility index (Phi) is 9.30. The predicted molar refractivity (Wildman–Crippen MR) is 75.8 cm³/mol. The Labute approximate surface area is 120 Å². The van der Waals surface area contributed by atoms with Crippen LogP contribution in [0.25, 0.3) is 0 Å². The highest BCUT2D eigenvalue weighted by Crippen LogP contribution is 2.09. The molecule has 0 aliphatic rings. The third-order valence-electron chi connectivity index (χ3n) is 2.73. The number of nitrogens with zero attached hydrogens (tertiary/aromatic N) is 1. The Morgan fingerprint density at radius 2 is 2.00 bits per heavy atom. The zero-order chi connectivity index (χ0) is 14.8. The van der Waals surface area contributed by atoms with Gasteiger partial charge in [-0.2, -0.15) is 12.6 Å². The summed E-state index contributed by atoms with van der Waals surface area (Å²) in [6.07, 6.45) is 1.62. The maximum atomic E-state index is 11.9. The van der Waals surface area contributed by atoms with Gasteiger partial charge in [0.25, 0.3) is 0 Å². The van der Waals surface area contributed by atoms with Gasteiger partial charge in [0, 0.05) is 18.2 Å². The molecule has 0 radical (unpaired) electrons. The molecule has 0 fully saturated rings. The largest absolute Gasteiger partial charge is 0.465 e. The molecule has 0 bridgehead atoms. The number of rotatable bonds is 9. The van der Waals surface area contributed by atoms with E-state index in [1.54, 1.807) is 13.8 Å². The van der Waals surface area contributed by atoms with E-state index in [-0.39, 0.29) is 36.9 Å². The van der Waals surface area contributed by atoms with Crippen molar-refractivity contribution >= 4 is 30.9 Å². The zero-order valence-corrected chi connectivity index (χ0v) is 12.7. The van der Waals surface area contributed by atoms with Crippen LogP contribution in [0.2, 0.25) is 0 Å². The van der Waals surface area contributed by atoms with Gasteiger partial charge in [0.05, 0.1) is 12.5 Å². The van der Waals surface area contributed by atoms with Crippen LogP contribution in [0.15, 0.2) is 0 Å². The molecule has 0 saturated carbocycles. The second-order valence-corrected chi connectivity index (χ2v) is 4.97. The summed E-state index contributed by atoms with van der Waals surface area (Å²) in [7, 11) is 0. The van der Waals surface area contributed by atoms with E-state index in [1.165, 1.54) is 0 Å². The summed E-state index contributed by atoms with van der Waals surface area (Å²) in [5, 5.41) is 0. The molecule has 0 aromatic heterocycles. The zero-order valence-electron chi connectivity index (χ0n) is 11.8. The number of thiol groups is 1. The number of amides is 2. The van der Waals surface area contributed by atoms with Crippen molar-refractivity contribution in [1.29, 1.82) is 0 Å². The lowest BCUT2D eigenvalue weighted by Crippen LogP contribution is -2.37. The second-order valence-electron chi connectivity index (χ2n) is 4.60. The topological polar surface area (TPSA) is 63.7 Å². The van der Waals surface area contributed by atoms with Crippen LogP contribution in [0.1, 0.15) is 33.6 Å². The number of hydrogen-bond donors (Lipinski definition) is 1. The van der Waals surface area contributed by atoms with E-state index in [9.17, 15) is 14.4 Å². The van der Waals surface area contributed by atoms with Crippen molar-refractivity contribution < 1.29 is 19.1 Å². The number of hydrogen-bond acceptors (Lipinski definition) is 5. The maximum Gasteiger partial charge on any atom is 0.308 e. The molecule has 19 heavy (non-hydrogen) atoms. The molecule has 0 rings (SSSR count). The molecule has 6 heteroatoms. The van der Waals surface area contributed by atoms with Crippen LogP contribution in [0.3, 0.4) is 0 Å². The highest BCUT2D eigenvalue weighted by molar-refractivity contribution is 7.80. The molecule has 0 N–H and O–H groups in total. The van der Waals surface area contributed by atoms with Crippen molar-refractivity contribution in [2.45, 2.75) is 33.6 Å². The van der Waals surface area contributed by atoms with Crippen LogP contribution in [0.4, 0.5) is 0 Å². The minimum Gasteiger partial charge on any atom is -0.465 e. The Morgan fingerprint density at radius 1 is 1.37 bits per heavy atom. The normalized spacial score (nSPS) is 12.1. The molecular formula is C13H23NO4S. The number of carbonyl (C=O) groups is 3. The van der Waals surface area contributed by atoms with E-state index in [1.807, 2.05) is 6.92 Å². The van der Waals surface area contributed by atoms with E-state index in [0.29, 0.717) is 25.0 Å². The fraction of sp³-hybridized carbons (Fsp3) is 0.769. The van der Waals surface area contributed by atoms with Crippen LogP contribution < -0.4 is 0 Å². The number of ether oxygens (including phenoxy) is 1. The lowest BCUT2D eigenvalue weighted by atomic mass is 10.1. The van der Waals surface area contributed by atoms with Crippen LogP contribution in [-0.2, 0) is 19.1 Å². The first kappa shape index (κ1) is 18.0. The van der Waals surface area contributed by atoms with Gasteiger partial charge in [0.1, 0.15) is 0 Å². The van der Waals surface area contributed by atoms with E-state index in [0.717, 1.165) is 4.90 Å². The van der Waals surface area contributed by atoms with Crippen LogP contribution >= 0.6 is 12.6 Å². The summed E-state index contributed by atoms with van der Waals surface area (Å²) in [4.78, 5) is 35.1. The van der Waals surface area contributed by atoms with Gasteiger partial charge in [-0.05, 0) is 12.8 Å². The van der Waals surface area contributed by atoms with Crippen molar-refractivity contribution in [2.75, 3.05) is 18.9 Å². The Balaban J connectivity index is 4.10. The lowest BCUT2D eigenvalue weighted by Gasteiger charge is -2.20. The molecule has 110 valence electrons. The Morgan fingerprint density at radius 3 is 2.42 bits per heavy atom. The first-order chi connectivity index (χ1) is 8.97. The van der Waals surface area contributed by atoms with Gasteiger partial charge in [-0.25, -0.2) is 0 Å². The molecule has 1 unspecified atom stereocenters. The summed E-state index contributed by atoms with van der Waals surface area (Å²) in [5.74, 6) is -0.486. The summed E-state index contributed by atoms with van der Waals surface area (Å²) >= 11 is 4.09. The van der Waals surface area contributed by atoms with Crippen molar-refractivity contribution in [3.05, 3.63) is 0 Å². The summed E-state index contributed by atoms with van der Waals surface area (Å²) < 4.78 is 4.98. The molecule has 5 nitrogen and oxygen atoms in total. The highest BCUT2D eigenvalue weighted by Gasteiger charge is 2.21. The summed E-state index contributed by atoms with van der Waals surface area (Å²) in [5.41, 5.74) is 0. The average molecular weight is 289 g/mol. The number of esters is 1. The van der Waals surface area contributed by atoms with Gasteiger partial charge in [-0.1, -0.05) is 20.8 Å². The molecule has 0 spiro atoms. The third-order valence-corrected chi connectivity index (χ3v) is 3.17. The Bertz CT molecular complexity index is 303. The van der Waals surface area contributed by atoms with Gasteiger partial charge < -0.3 is 4.74 Å². The van der Waals surface area contributed by atoms with Crippen molar-refractivity contribution in [1.82, 2.24) is 4.90 Å². The smallest absolute Gasteiger partial charge is 0.308 e. The fourth-order valence-corrected chi connectivity index (χ4v) is 1.82. The molecule has 0 heterocycles. The maximum absolute atomic E-state index is 11.9. The molecule has 1 atom stereocenters. The van der Waals surface area contributed by atoms with Crippen LogP contribution in [0, 0.1) is 11.8 Å². The molecule has 0 aliphatic heterocycles. The quantitative estimate of drug-likeness (QED) is 0.302. The van der Waals surface area contributed by atoms with Gasteiger partial charge in [-0.15, -0.1) is 0 Å². The van der Waals surface area contributed by atoms with Gasteiger partial charge >= 0.3 is 5.97 Å². The second kappa shape index (κ2) is 9.83. The average Bonchev–Trinajstić information content (AvgIpc) is 2.39. The Hall–Kier alpha value is -1.04. The highest BCUT2D eigenvalue weighted by atomic mass is 32.1. The molecule has 0 saturated heterocycles. The summed E-state index contributed by atoms with van der Waals surface area (Å²) in [6, 6.07) is 0. The third kappa shape index (κ3) is 6.61. The number of carbonyl (C=O) groups excluding carboxylic acids is 3. The molecule has 0 aromatic carbocycles. The van der Waals surface area contributed by atoms with Gasteiger partial charge in [0.15, 0.2) is 0 Å². The van der Waals surface area contributed by atoms with E-state index < -0.39 is 0 Å². The minimum absolute atomic E-state index is 0.169. The lowest BCUT2D eigenvalue weighted by molar-refractivity contribution is -0.147. The van der Waals surface area contributed by atoms with E-state index >= 15 is 0 Å². The molecule has 0 aliphatic carbocycles. The van der Waals surface area contributed by atoms with Crippen molar-refractivity contribution in [3.8, 4) is 0 Å². The standard InChI is InChI=1S/C13H23NO4S/c1-4-11(8-19)12(16)14(9-15)6-5-7-18-13(17)10(2)3/h9-11,19H,4-8H2,1-3H3. The van der Waals surface area contributed by atoms with Gasteiger partial charge in [-0.3, -0.25) is 19.3 Å².